The fraction of sp³-hybridized carbons (Fsp3) is 0.212. The van der Waals surface area contributed by atoms with Crippen molar-refractivity contribution in [2.45, 2.75) is 45.8 Å². The zero-order chi connectivity index (χ0) is 31.3. The number of aliphatic imine (C=N–C) groups is 1. The number of thioether (sulfide) groups is 1. The van der Waals surface area contributed by atoms with Crippen LogP contribution in [-0.4, -0.2) is 27.3 Å². The van der Waals surface area contributed by atoms with Gasteiger partial charge in [-0.15, -0.1) is 11.8 Å². The second-order valence-corrected chi connectivity index (χ2v) is 10.7. The molecule has 0 aliphatic heterocycles. The summed E-state index contributed by atoms with van der Waals surface area (Å²) in [5.74, 6) is -1.90. The molecule has 1 aromatic heterocycles. The number of carbonyl (C=O) groups is 1. The van der Waals surface area contributed by atoms with Crippen LogP contribution in [0.15, 0.2) is 75.5 Å². The Morgan fingerprint density at radius 1 is 1.09 bits per heavy atom. The molecule has 222 valence electrons. The number of halogens is 2. The van der Waals surface area contributed by atoms with E-state index in [1.165, 1.54) is 30.0 Å². The number of primary amides is 1. The third kappa shape index (κ3) is 6.75. The summed E-state index contributed by atoms with van der Waals surface area (Å²) in [5.41, 5.74) is 8.60. The molecule has 0 bridgehead atoms. The Morgan fingerprint density at radius 2 is 1.77 bits per heavy atom. The van der Waals surface area contributed by atoms with E-state index in [2.05, 4.69) is 16.7 Å². The van der Waals surface area contributed by atoms with Crippen molar-refractivity contribution in [2.75, 3.05) is 0 Å². The van der Waals surface area contributed by atoms with Crippen LogP contribution in [0.3, 0.4) is 0 Å². The number of nitrogens with two attached hydrogens (primary N) is 1. The molecule has 0 saturated heterocycles. The first-order valence-electron chi connectivity index (χ1n) is 13.7. The fourth-order valence-electron chi connectivity index (χ4n) is 4.90. The maximum Gasteiger partial charge on any atom is 0.280 e. The second kappa shape index (κ2) is 13.6. The van der Waals surface area contributed by atoms with E-state index >= 15 is 4.39 Å². The molecule has 7 nitrogen and oxygen atoms in total. The van der Waals surface area contributed by atoms with Crippen molar-refractivity contribution in [2.24, 2.45) is 10.7 Å². The van der Waals surface area contributed by atoms with Crippen molar-refractivity contribution in [1.82, 2.24) is 9.55 Å². The van der Waals surface area contributed by atoms with Crippen molar-refractivity contribution in [3.8, 4) is 22.7 Å². The summed E-state index contributed by atoms with van der Waals surface area (Å²) >= 11 is 1.37. The van der Waals surface area contributed by atoms with Gasteiger partial charge in [0.1, 0.15) is 17.5 Å². The Hall–Kier alpha value is -4.57. The summed E-state index contributed by atoms with van der Waals surface area (Å²) in [6.07, 6.45) is 1.25. The van der Waals surface area contributed by atoms with Gasteiger partial charge in [-0.05, 0) is 72.3 Å². The van der Waals surface area contributed by atoms with Gasteiger partial charge in [0.15, 0.2) is 0 Å². The van der Waals surface area contributed by atoms with Crippen LogP contribution in [0, 0.1) is 11.6 Å². The van der Waals surface area contributed by atoms with Crippen LogP contribution in [0.25, 0.3) is 16.8 Å². The third-order valence-corrected chi connectivity index (χ3v) is 8.02. The minimum absolute atomic E-state index is 0.00736. The molecule has 0 fully saturated rings. The van der Waals surface area contributed by atoms with Crippen molar-refractivity contribution in [3.63, 3.8) is 0 Å². The lowest BCUT2D eigenvalue weighted by Gasteiger charge is -2.22. The topological polar surface area (TPSA) is 111 Å². The van der Waals surface area contributed by atoms with Crippen LogP contribution >= 0.6 is 11.8 Å². The Kier molecular flexibility index (Phi) is 9.92. The number of rotatable bonds is 11. The van der Waals surface area contributed by atoms with Crippen LogP contribution < -0.4 is 11.3 Å². The lowest BCUT2D eigenvalue weighted by molar-refractivity contribution is 0.100. The number of hydrogen-bond donors (Lipinski definition) is 2. The lowest BCUT2D eigenvalue weighted by atomic mass is 9.96. The molecule has 3 N–H and O–H groups in total. The number of carbonyl (C=O) groups excluding carboxylic acids is 1. The van der Waals surface area contributed by atoms with Gasteiger partial charge in [-0.1, -0.05) is 50.2 Å². The number of hydrogen-bond acceptors (Lipinski definition) is 6. The van der Waals surface area contributed by atoms with Crippen molar-refractivity contribution in [1.29, 1.82) is 0 Å². The molecule has 0 atom stereocenters. The van der Waals surface area contributed by atoms with Gasteiger partial charge in [0.05, 0.1) is 17.0 Å². The maximum atomic E-state index is 15.4. The van der Waals surface area contributed by atoms with Gasteiger partial charge < -0.3 is 10.8 Å². The molecule has 0 aliphatic rings. The van der Waals surface area contributed by atoms with Crippen molar-refractivity contribution < 1.29 is 18.7 Å². The first-order chi connectivity index (χ1) is 20.6. The first-order valence-corrected chi connectivity index (χ1v) is 14.7. The Morgan fingerprint density at radius 3 is 2.37 bits per heavy atom. The summed E-state index contributed by atoms with van der Waals surface area (Å²) in [6, 6.07) is 13.5. The second-order valence-electron chi connectivity index (χ2n) is 9.88. The Labute approximate surface area is 252 Å². The number of benzene rings is 3. The number of allylic oxidation sites excluding steroid dienone is 1. The highest BCUT2D eigenvalue weighted by Crippen LogP contribution is 2.32. The summed E-state index contributed by atoms with van der Waals surface area (Å²) in [5, 5.41) is 13.5. The highest BCUT2D eigenvalue weighted by Gasteiger charge is 2.22. The minimum atomic E-state index is -0.891. The zero-order valence-corrected chi connectivity index (χ0v) is 25.0. The smallest absolute Gasteiger partial charge is 0.280 e. The van der Waals surface area contributed by atoms with Crippen LogP contribution in [0.2, 0.25) is 0 Å². The van der Waals surface area contributed by atoms with E-state index in [1.54, 1.807) is 23.0 Å². The third-order valence-electron chi connectivity index (χ3n) is 7.08. The van der Waals surface area contributed by atoms with E-state index < -0.39 is 23.1 Å². The van der Waals surface area contributed by atoms with Crippen molar-refractivity contribution >= 4 is 24.4 Å². The number of nitrogens with zero attached hydrogens (tertiary/aromatic N) is 3. The average molecular weight is 603 g/mol. The summed E-state index contributed by atoms with van der Waals surface area (Å²) in [6.45, 7) is 9.34. The van der Waals surface area contributed by atoms with Crippen LogP contribution in [-0.2, 0) is 25.0 Å². The highest BCUT2D eigenvalue weighted by molar-refractivity contribution is 8.01. The fourth-order valence-corrected chi connectivity index (χ4v) is 5.64. The Bertz CT molecular complexity index is 1780. The van der Waals surface area contributed by atoms with E-state index in [-0.39, 0.29) is 40.3 Å². The number of aryl methyl sites for hydroxylation is 2. The van der Waals surface area contributed by atoms with E-state index in [9.17, 15) is 19.1 Å². The predicted molar refractivity (Wildman–Crippen MR) is 168 cm³/mol. The number of aromatic nitrogens is 2. The van der Waals surface area contributed by atoms with Crippen LogP contribution in [0.4, 0.5) is 8.78 Å². The summed E-state index contributed by atoms with van der Waals surface area (Å²) in [4.78, 5) is 33.5. The lowest BCUT2D eigenvalue weighted by Crippen LogP contribution is -2.23. The molecule has 10 heteroatoms. The quantitative estimate of drug-likeness (QED) is 0.191. The molecule has 4 aromatic rings. The van der Waals surface area contributed by atoms with E-state index in [1.807, 2.05) is 32.0 Å². The Balaban J connectivity index is 1.84. The van der Waals surface area contributed by atoms with E-state index in [0.29, 0.717) is 29.9 Å². The van der Waals surface area contributed by atoms with Gasteiger partial charge in [-0.25, -0.2) is 8.78 Å². The number of aromatic hydroxyl groups is 1. The van der Waals surface area contributed by atoms with Gasteiger partial charge >= 0.3 is 0 Å². The molecule has 0 spiro atoms. The normalized spacial score (nSPS) is 11.5. The summed E-state index contributed by atoms with van der Waals surface area (Å²) in [7, 11) is 0. The molecular formula is C33H32F2N4O3S. The molecular weight excluding hydrogens is 570 g/mol. The molecule has 0 aliphatic carbocycles. The minimum Gasteiger partial charge on any atom is -0.494 e. The standard InChI is InChI=1S/C33H32F2N4O3S/c1-5-21-8-7-9-22(6-2)30(21)39-29(18-43-17-19(3)37-4)38-32(41)27(33(39)42)14-20-10-12-25(28(35)15-20)24-13-11-23(34)16-26(24)31(36)40/h7-13,15-17,42H,4-6,14,18H2,1-3H3,(H2,36,40)/b19-17-. The maximum absolute atomic E-state index is 15.4. The SMILES string of the molecule is C=N/C(C)=C\SCc1nc(=O)c(Cc2ccc(-c3ccc(F)cc3C(N)=O)c(F)c2)c(O)n1-c1c(CC)cccc1CC. The van der Waals surface area contributed by atoms with Gasteiger partial charge in [0, 0.05) is 23.2 Å². The van der Waals surface area contributed by atoms with Crippen LogP contribution in [0.1, 0.15) is 59.2 Å². The van der Waals surface area contributed by atoms with Gasteiger partial charge in [-0.2, -0.15) is 4.98 Å². The molecule has 0 unspecified atom stereocenters. The molecule has 0 saturated carbocycles. The van der Waals surface area contributed by atoms with Crippen molar-refractivity contribution in [3.05, 3.63) is 121 Å². The van der Waals surface area contributed by atoms with E-state index in [4.69, 9.17) is 5.73 Å². The first kappa shape index (κ1) is 31.4. The number of amides is 1. The molecule has 4 rings (SSSR count). The molecule has 1 amide bonds. The summed E-state index contributed by atoms with van der Waals surface area (Å²) < 4.78 is 30.7. The van der Waals surface area contributed by atoms with Crippen LogP contribution in [0.5, 0.6) is 5.88 Å². The monoisotopic (exact) mass is 602 g/mol. The van der Waals surface area contributed by atoms with E-state index in [0.717, 1.165) is 28.9 Å². The zero-order valence-electron chi connectivity index (χ0n) is 24.2. The molecule has 1 heterocycles. The van der Waals surface area contributed by atoms with Gasteiger partial charge in [0.2, 0.25) is 11.8 Å². The largest absolute Gasteiger partial charge is 0.494 e. The van der Waals surface area contributed by atoms with Gasteiger partial charge in [0.25, 0.3) is 5.56 Å². The average Bonchev–Trinajstić information content (AvgIpc) is 2.99. The highest BCUT2D eigenvalue weighted by atomic mass is 32.2. The molecule has 0 radical (unpaired) electrons. The molecule has 3 aromatic carbocycles. The van der Waals surface area contributed by atoms with Gasteiger partial charge in [-0.3, -0.25) is 19.1 Å². The predicted octanol–water partition coefficient (Wildman–Crippen LogP) is 6.49. The number of para-hydroxylation sites is 1. The molecule has 43 heavy (non-hydrogen) atoms.